The van der Waals surface area contributed by atoms with Crippen molar-refractivity contribution in [3.8, 4) is 0 Å². The van der Waals surface area contributed by atoms with E-state index in [0.717, 1.165) is 0 Å². The lowest BCUT2D eigenvalue weighted by atomic mass is 9.58. The Morgan fingerprint density at radius 1 is 1.09 bits per heavy atom. The fourth-order valence-corrected chi connectivity index (χ4v) is 5.11. The number of nitrogens with zero attached hydrogens (tertiary/aromatic N) is 2. The molecule has 1 aliphatic carbocycles. The van der Waals surface area contributed by atoms with Gasteiger partial charge in [0.15, 0.2) is 0 Å². The molecule has 1 fully saturated rings. The molecular formula is C20H26N2. The molecule has 0 N–H and O–H groups in total. The van der Waals surface area contributed by atoms with Crippen molar-refractivity contribution in [3.05, 3.63) is 53.3 Å². The Kier molecular flexibility index (Phi) is 2.65. The summed E-state index contributed by atoms with van der Waals surface area (Å²) in [7, 11) is 2.20. The fourth-order valence-electron chi connectivity index (χ4n) is 5.11. The molecule has 1 saturated heterocycles. The van der Waals surface area contributed by atoms with Crippen LogP contribution in [0.25, 0.3) is 0 Å². The van der Waals surface area contributed by atoms with Crippen LogP contribution < -0.4 is 4.90 Å². The Morgan fingerprint density at radius 2 is 1.82 bits per heavy atom. The summed E-state index contributed by atoms with van der Waals surface area (Å²) in [4.78, 5) is 2.70. The smallest absolute Gasteiger partial charge is 0.0782 e. The van der Waals surface area contributed by atoms with E-state index in [-0.39, 0.29) is 11.0 Å². The molecule has 0 radical (unpaired) electrons. The van der Waals surface area contributed by atoms with Crippen molar-refractivity contribution in [2.45, 2.75) is 57.5 Å². The Morgan fingerprint density at radius 3 is 2.55 bits per heavy atom. The van der Waals surface area contributed by atoms with Crippen molar-refractivity contribution in [2.75, 3.05) is 4.90 Å². The quantitative estimate of drug-likeness (QED) is 0.751. The van der Waals surface area contributed by atoms with Gasteiger partial charge in [-0.2, -0.15) is 0 Å². The van der Waals surface area contributed by atoms with Crippen LogP contribution in [-0.4, -0.2) is 10.6 Å². The summed E-state index contributed by atoms with van der Waals surface area (Å²) in [5.74, 6) is 0. The minimum atomic E-state index is 0.0941. The minimum absolute atomic E-state index is 0.0941. The van der Waals surface area contributed by atoms with Crippen molar-refractivity contribution < 1.29 is 0 Å². The molecule has 2 bridgehead atoms. The van der Waals surface area contributed by atoms with Gasteiger partial charge in [0.05, 0.1) is 5.54 Å². The maximum absolute atomic E-state index is 2.70. The third-order valence-corrected chi connectivity index (χ3v) is 6.55. The highest BCUT2D eigenvalue weighted by Gasteiger charge is 2.57. The molecule has 0 saturated carbocycles. The number of aryl methyl sites for hydroxylation is 2. The highest BCUT2D eigenvalue weighted by Crippen LogP contribution is 2.58. The van der Waals surface area contributed by atoms with E-state index < -0.39 is 0 Å². The number of para-hydroxylation sites is 1. The molecule has 1 aromatic carbocycles. The average Bonchev–Trinajstić information content (AvgIpc) is 2.89. The first kappa shape index (κ1) is 13.9. The van der Waals surface area contributed by atoms with Crippen LogP contribution in [0.4, 0.5) is 5.69 Å². The van der Waals surface area contributed by atoms with Crippen LogP contribution in [0.15, 0.2) is 36.5 Å². The summed E-state index contributed by atoms with van der Waals surface area (Å²) < 4.78 is 2.35. The fraction of sp³-hybridized carbons (Fsp3) is 0.500. The molecule has 22 heavy (non-hydrogen) atoms. The second-order valence-corrected chi connectivity index (χ2v) is 7.71. The number of aromatic nitrogens is 1. The molecule has 1 aromatic heterocycles. The van der Waals surface area contributed by atoms with Crippen molar-refractivity contribution in [1.82, 2.24) is 4.57 Å². The summed E-state index contributed by atoms with van der Waals surface area (Å²) in [6.45, 7) is 9.55. The Bertz CT molecular complexity index is 744. The van der Waals surface area contributed by atoms with E-state index in [0.29, 0.717) is 6.04 Å². The van der Waals surface area contributed by atoms with Crippen molar-refractivity contribution in [2.24, 2.45) is 7.05 Å². The zero-order chi connectivity index (χ0) is 15.7. The molecule has 2 unspecified atom stereocenters. The molecule has 0 amide bonds. The third-order valence-electron chi connectivity index (χ3n) is 6.55. The van der Waals surface area contributed by atoms with Gasteiger partial charge in [-0.1, -0.05) is 25.1 Å². The van der Waals surface area contributed by atoms with Gasteiger partial charge in [0.2, 0.25) is 0 Å². The molecular weight excluding hydrogens is 268 g/mol. The molecule has 3 aliphatic rings. The Labute approximate surface area is 133 Å². The van der Waals surface area contributed by atoms with Crippen LogP contribution in [0, 0.1) is 6.92 Å². The van der Waals surface area contributed by atoms with Crippen LogP contribution in [0.2, 0.25) is 0 Å². The van der Waals surface area contributed by atoms with Crippen molar-refractivity contribution in [1.29, 1.82) is 0 Å². The highest BCUT2D eigenvalue weighted by atomic mass is 15.3. The standard InChI is InChI=1S/C20H26N2/c1-14-8-6-7-9-17(14)22-15(2)19(3)11-12-20(22,4)18-16(19)10-13-21(18)5/h6-10,13,15H,11-12H2,1-5H3/t15-,19?,20?/m0/s1. The lowest BCUT2D eigenvalue weighted by molar-refractivity contribution is 0.159. The first-order chi connectivity index (χ1) is 10.4. The number of benzene rings is 1. The van der Waals surface area contributed by atoms with E-state index in [1.807, 2.05) is 0 Å². The molecule has 5 rings (SSSR count). The maximum Gasteiger partial charge on any atom is 0.0782 e. The lowest BCUT2D eigenvalue weighted by Gasteiger charge is -2.62. The number of hydrogen-bond acceptors (Lipinski definition) is 1. The van der Waals surface area contributed by atoms with Gasteiger partial charge >= 0.3 is 0 Å². The predicted octanol–water partition coefficient (Wildman–Crippen LogP) is 4.51. The van der Waals surface area contributed by atoms with Crippen LogP contribution in [0.3, 0.4) is 0 Å². The second kappa shape index (κ2) is 4.18. The summed E-state index contributed by atoms with van der Waals surface area (Å²) in [6, 6.07) is 11.7. The van der Waals surface area contributed by atoms with Gasteiger partial charge in [-0.3, -0.25) is 0 Å². The summed E-state index contributed by atoms with van der Waals surface area (Å²) >= 11 is 0. The van der Waals surface area contributed by atoms with E-state index in [4.69, 9.17) is 0 Å². The van der Waals surface area contributed by atoms with Crippen LogP contribution in [0.5, 0.6) is 0 Å². The van der Waals surface area contributed by atoms with E-state index in [9.17, 15) is 0 Å². The number of rotatable bonds is 1. The second-order valence-electron chi connectivity index (χ2n) is 7.71. The topological polar surface area (TPSA) is 8.17 Å². The Balaban J connectivity index is 2.00. The molecule has 3 heterocycles. The number of piperidine rings is 1. The van der Waals surface area contributed by atoms with Gasteiger partial charge in [-0.25, -0.2) is 0 Å². The van der Waals surface area contributed by atoms with Gasteiger partial charge in [-0.05, 0) is 56.9 Å². The van der Waals surface area contributed by atoms with E-state index in [1.165, 1.54) is 29.8 Å². The van der Waals surface area contributed by atoms with Gasteiger partial charge in [0, 0.05) is 36.1 Å². The van der Waals surface area contributed by atoms with Gasteiger partial charge < -0.3 is 9.47 Å². The SMILES string of the molecule is Cc1ccccc1N1[C@@H](C)C2(C)CCC1(C)c1c2ccn1C. The molecule has 3 atom stereocenters. The molecule has 2 heteroatoms. The van der Waals surface area contributed by atoms with Gasteiger partial charge in [-0.15, -0.1) is 0 Å². The molecule has 0 spiro atoms. The molecule has 2 nitrogen and oxygen atoms in total. The molecule has 2 aliphatic heterocycles. The first-order valence-corrected chi connectivity index (χ1v) is 8.41. The lowest BCUT2D eigenvalue weighted by Crippen LogP contribution is -2.66. The van der Waals surface area contributed by atoms with E-state index in [2.05, 4.69) is 80.7 Å². The van der Waals surface area contributed by atoms with E-state index in [1.54, 1.807) is 5.56 Å². The minimum Gasteiger partial charge on any atom is -0.357 e. The van der Waals surface area contributed by atoms with Gasteiger partial charge in [0.1, 0.15) is 0 Å². The average molecular weight is 294 g/mol. The van der Waals surface area contributed by atoms with Crippen LogP contribution >= 0.6 is 0 Å². The predicted molar refractivity (Wildman–Crippen MR) is 92.5 cm³/mol. The number of anilines is 1. The number of fused-ring (bicyclic) bond motifs is 2. The van der Waals surface area contributed by atoms with E-state index >= 15 is 0 Å². The zero-order valence-electron chi connectivity index (χ0n) is 14.4. The summed E-state index contributed by atoms with van der Waals surface area (Å²) in [6.07, 6.45) is 4.76. The maximum atomic E-state index is 2.70. The van der Waals surface area contributed by atoms with Crippen LogP contribution in [-0.2, 0) is 18.0 Å². The summed E-state index contributed by atoms with van der Waals surface area (Å²) in [5.41, 5.74) is 6.20. The van der Waals surface area contributed by atoms with Crippen molar-refractivity contribution >= 4 is 5.69 Å². The molecule has 116 valence electrons. The monoisotopic (exact) mass is 294 g/mol. The summed E-state index contributed by atoms with van der Waals surface area (Å²) in [5, 5.41) is 0. The largest absolute Gasteiger partial charge is 0.357 e. The molecule has 2 aromatic rings. The Hall–Kier alpha value is -1.70. The van der Waals surface area contributed by atoms with Crippen molar-refractivity contribution in [3.63, 3.8) is 0 Å². The van der Waals surface area contributed by atoms with Gasteiger partial charge in [0.25, 0.3) is 0 Å². The zero-order valence-corrected chi connectivity index (χ0v) is 14.4. The van der Waals surface area contributed by atoms with Crippen LogP contribution in [0.1, 0.15) is 50.4 Å². The first-order valence-electron chi connectivity index (χ1n) is 8.41. The normalized spacial score (nSPS) is 33.1. The highest BCUT2D eigenvalue weighted by molar-refractivity contribution is 5.62. The number of hydrogen-bond donors (Lipinski definition) is 0. The third kappa shape index (κ3) is 1.46.